The maximum atomic E-state index is 13.0. The van der Waals surface area contributed by atoms with Gasteiger partial charge in [0.15, 0.2) is 0 Å². The number of carbonyl (C=O) groups is 2. The Morgan fingerprint density at radius 2 is 1.48 bits per heavy atom. The van der Waals surface area contributed by atoms with Gasteiger partial charge < -0.3 is 19.7 Å². The smallest absolute Gasteiger partial charge is 0.250 e. The van der Waals surface area contributed by atoms with Crippen molar-refractivity contribution in [3.05, 3.63) is 59.7 Å². The van der Waals surface area contributed by atoms with Crippen LogP contribution < -0.4 is 14.9 Å². The first-order valence-electron chi connectivity index (χ1n) is 8.37. The quantitative estimate of drug-likeness (QED) is 0.851. The number of anilines is 2. The summed E-state index contributed by atoms with van der Waals surface area (Å²) >= 11 is 0. The standard InChI is InChI=1S/C20H22N2O3/c1-14-3-7-16(8-4-14)21-11-12-22(17-9-5-15(2)6-10-17)20(25)18(21)13-19(23)24/h3-10,18H,11-13H2,1-2H3,(H,23,24)/p-1. The van der Waals surface area contributed by atoms with Gasteiger partial charge in [-0.15, -0.1) is 0 Å². The third kappa shape index (κ3) is 3.65. The van der Waals surface area contributed by atoms with Crippen LogP contribution in [0.2, 0.25) is 0 Å². The number of carboxylic acid groups (broad SMARTS) is 1. The molecular formula is C20H21N2O3-. The van der Waals surface area contributed by atoms with E-state index in [0.717, 1.165) is 22.5 Å². The van der Waals surface area contributed by atoms with Crippen LogP contribution in [0.5, 0.6) is 0 Å². The largest absolute Gasteiger partial charge is 0.550 e. The first-order chi connectivity index (χ1) is 12.0. The Labute approximate surface area is 147 Å². The molecule has 2 aromatic rings. The highest BCUT2D eigenvalue weighted by Gasteiger charge is 2.35. The molecule has 25 heavy (non-hydrogen) atoms. The molecule has 0 spiro atoms. The lowest BCUT2D eigenvalue weighted by molar-refractivity contribution is -0.306. The van der Waals surface area contributed by atoms with Gasteiger partial charge in [0.2, 0.25) is 5.91 Å². The van der Waals surface area contributed by atoms with E-state index in [9.17, 15) is 14.7 Å². The molecule has 0 N–H and O–H groups in total. The highest BCUT2D eigenvalue weighted by Crippen LogP contribution is 2.27. The van der Waals surface area contributed by atoms with Crippen LogP contribution in [0.3, 0.4) is 0 Å². The van der Waals surface area contributed by atoms with Crippen LogP contribution >= 0.6 is 0 Å². The average Bonchev–Trinajstić information content (AvgIpc) is 2.58. The Bertz CT molecular complexity index is 769. The minimum absolute atomic E-state index is 0.208. The van der Waals surface area contributed by atoms with Crippen molar-refractivity contribution in [2.24, 2.45) is 0 Å². The zero-order valence-electron chi connectivity index (χ0n) is 14.4. The fourth-order valence-corrected chi connectivity index (χ4v) is 3.17. The normalized spacial score (nSPS) is 17.7. The van der Waals surface area contributed by atoms with E-state index in [0.29, 0.717) is 13.1 Å². The Balaban J connectivity index is 1.90. The average molecular weight is 337 g/mol. The first-order valence-corrected chi connectivity index (χ1v) is 8.37. The van der Waals surface area contributed by atoms with Crippen molar-refractivity contribution >= 4 is 23.3 Å². The van der Waals surface area contributed by atoms with E-state index in [1.165, 1.54) is 0 Å². The number of hydrogen-bond donors (Lipinski definition) is 0. The number of aryl methyl sites for hydroxylation is 2. The summed E-state index contributed by atoms with van der Waals surface area (Å²) in [6.45, 7) is 5.06. The molecule has 0 radical (unpaired) electrons. The Morgan fingerprint density at radius 3 is 2.00 bits per heavy atom. The summed E-state index contributed by atoms with van der Waals surface area (Å²) in [5.41, 5.74) is 3.88. The van der Waals surface area contributed by atoms with Gasteiger partial charge in [-0.2, -0.15) is 0 Å². The van der Waals surface area contributed by atoms with Gasteiger partial charge in [-0.05, 0) is 38.1 Å². The zero-order valence-corrected chi connectivity index (χ0v) is 14.4. The summed E-state index contributed by atoms with van der Waals surface area (Å²) in [4.78, 5) is 27.7. The van der Waals surface area contributed by atoms with E-state index in [2.05, 4.69) is 0 Å². The molecule has 1 saturated heterocycles. The van der Waals surface area contributed by atoms with Crippen molar-refractivity contribution in [3.63, 3.8) is 0 Å². The molecule has 0 bridgehead atoms. The fraction of sp³-hybridized carbons (Fsp3) is 0.300. The number of piperazine rings is 1. The second-order valence-electron chi connectivity index (χ2n) is 6.45. The second-order valence-corrected chi connectivity index (χ2v) is 6.45. The number of carbonyl (C=O) groups excluding carboxylic acids is 2. The van der Waals surface area contributed by atoms with Crippen LogP contribution in [0.15, 0.2) is 48.5 Å². The molecule has 1 aliphatic heterocycles. The third-order valence-corrected chi connectivity index (χ3v) is 4.56. The molecule has 0 aromatic heterocycles. The van der Waals surface area contributed by atoms with Crippen LogP contribution in [0, 0.1) is 13.8 Å². The molecule has 1 heterocycles. The number of aliphatic carboxylic acids is 1. The minimum atomic E-state index is -1.22. The zero-order chi connectivity index (χ0) is 18.0. The van der Waals surface area contributed by atoms with Gasteiger partial charge in [0.05, 0.1) is 0 Å². The topological polar surface area (TPSA) is 63.7 Å². The van der Waals surface area contributed by atoms with Gasteiger partial charge in [0, 0.05) is 36.9 Å². The number of amides is 1. The highest BCUT2D eigenvalue weighted by atomic mass is 16.4. The van der Waals surface area contributed by atoms with Crippen molar-refractivity contribution in [1.82, 2.24) is 0 Å². The molecule has 5 nitrogen and oxygen atoms in total. The highest BCUT2D eigenvalue weighted by molar-refractivity contribution is 6.02. The van der Waals surface area contributed by atoms with Gasteiger partial charge in [-0.1, -0.05) is 35.4 Å². The van der Waals surface area contributed by atoms with Gasteiger partial charge in [-0.3, -0.25) is 4.79 Å². The van der Waals surface area contributed by atoms with Gasteiger partial charge >= 0.3 is 0 Å². The lowest BCUT2D eigenvalue weighted by atomic mass is 10.0. The van der Waals surface area contributed by atoms with Gasteiger partial charge in [0.25, 0.3) is 0 Å². The van der Waals surface area contributed by atoms with Crippen molar-refractivity contribution in [2.45, 2.75) is 26.3 Å². The predicted molar refractivity (Wildman–Crippen MR) is 95.5 cm³/mol. The molecule has 1 unspecified atom stereocenters. The molecule has 0 aliphatic carbocycles. The van der Waals surface area contributed by atoms with E-state index in [1.807, 2.05) is 67.3 Å². The van der Waals surface area contributed by atoms with E-state index >= 15 is 0 Å². The molecule has 1 aliphatic rings. The predicted octanol–water partition coefficient (Wildman–Crippen LogP) is 1.67. The number of carboxylic acids is 1. The molecule has 130 valence electrons. The molecule has 1 fully saturated rings. The summed E-state index contributed by atoms with van der Waals surface area (Å²) in [6.07, 6.45) is -0.324. The molecule has 2 aromatic carbocycles. The number of nitrogens with zero attached hydrogens (tertiary/aromatic N) is 2. The van der Waals surface area contributed by atoms with Crippen LogP contribution in [0.25, 0.3) is 0 Å². The Hall–Kier alpha value is -2.82. The van der Waals surface area contributed by atoms with E-state index < -0.39 is 12.0 Å². The van der Waals surface area contributed by atoms with Crippen LogP contribution in [-0.4, -0.2) is 31.0 Å². The van der Waals surface area contributed by atoms with Crippen LogP contribution in [0.4, 0.5) is 11.4 Å². The number of hydrogen-bond acceptors (Lipinski definition) is 4. The fourth-order valence-electron chi connectivity index (χ4n) is 3.17. The van der Waals surface area contributed by atoms with E-state index in [1.54, 1.807) is 4.90 Å². The van der Waals surface area contributed by atoms with Gasteiger partial charge in [-0.25, -0.2) is 0 Å². The van der Waals surface area contributed by atoms with Crippen LogP contribution in [-0.2, 0) is 9.59 Å². The van der Waals surface area contributed by atoms with Crippen LogP contribution in [0.1, 0.15) is 17.5 Å². The minimum Gasteiger partial charge on any atom is -0.550 e. The molecular weight excluding hydrogens is 316 g/mol. The number of benzene rings is 2. The maximum Gasteiger partial charge on any atom is 0.250 e. The van der Waals surface area contributed by atoms with Crippen molar-refractivity contribution in [1.29, 1.82) is 0 Å². The monoisotopic (exact) mass is 337 g/mol. The lowest BCUT2D eigenvalue weighted by Crippen LogP contribution is -2.59. The molecule has 1 atom stereocenters. The SMILES string of the molecule is Cc1ccc(N2CCN(c3ccc(C)cc3)C(CC(=O)[O-])C2=O)cc1. The summed E-state index contributed by atoms with van der Waals surface area (Å²) < 4.78 is 0. The van der Waals surface area contributed by atoms with E-state index in [-0.39, 0.29) is 12.3 Å². The van der Waals surface area contributed by atoms with Crippen molar-refractivity contribution < 1.29 is 14.7 Å². The molecule has 0 saturated carbocycles. The lowest BCUT2D eigenvalue weighted by Gasteiger charge is -2.42. The first kappa shape index (κ1) is 17.0. The molecule has 3 rings (SSSR count). The van der Waals surface area contributed by atoms with Crippen molar-refractivity contribution in [3.8, 4) is 0 Å². The second kappa shape index (κ2) is 6.97. The summed E-state index contributed by atoms with van der Waals surface area (Å²) in [5.74, 6) is -1.43. The molecule has 1 amide bonds. The number of rotatable bonds is 4. The third-order valence-electron chi connectivity index (χ3n) is 4.56. The summed E-state index contributed by atoms with van der Waals surface area (Å²) in [7, 11) is 0. The maximum absolute atomic E-state index is 13.0. The van der Waals surface area contributed by atoms with E-state index in [4.69, 9.17) is 0 Å². The Kier molecular flexibility index (Phi) is 4.74. The van der Waals surface area contributed by atoms with Gasteiger partial charge in [0.1, 0.15) is 6.04 Å². The molecule has 5 heteroatoms. The Morgan fingerprint density at radius 1 is 0.960 bits per heavy atom. The van der Waals surface area contributed by atoms with Crippen molar-refractivity contribution in [2.75, 3.05) is 22.9 Å². The summed E-state index contributed by atoms with van der Waals surface area (Å²) in [6, 6.07) is 14.7. The summed E-state index contributed by atoms with van der Waals surface area (Å²) in [5, 5.41) is 11.2.